The van der Waals surface area contributed by atoms with Gasteiger partial charge in [0.25, 0.3) is 17.1 Å². The van der Waals surface area contributed by atoms with E-state index < -0.39 is 34.6 Å². The Hall–Kier alpha value is -3.53. The van der Waals surface area contributed by atoms with Crippen molar-refractivity contribution in [2.24, 2.45) is 0 Å². The minimum Gasteiger partial charge on any atom is -0.353 e. The number of hydrogen-bond donors (Lipinski definition) is 2. The molecule has 0 atom stereocenters. The first-order valence-electron chi connectivity index (χ1n) is 9.15. The van der Waals surface area contributed by atoms with Crippen LogP contribution in [0.25, 0.3) is 6.08 Å². The highest BCUT2D eigenvalue weighted by Crippen LogP contribution is 2.31. The van der Waals surface area contributed by atoms with Gasteiger partial charge in [0, 0.05) is 18.7 Å². The third-order valence-corrected chi connectivity index (χ3v) is 5.12. The third-order valence-electron chi connectivity index (χ3n) is 4.21. The number of halogens is 2. The van der Waals surface area contributed by atoms with E-state index in [0.29, 0.717) is 5.56 Å². The number of carbonyl (C=O) groups is 4. The van der Waals surface area contributed by atoms with Gasteiger partial charge in [0.1, 0.15) is 11.6 Å². The summed E-state index contributed by atoms with van der Waals surface area (Å²) in [6.07, 6.45) is 1.49. The number of rotatable bonds is 7. The molecule has 1 aliphatic rings. The molecule has 1 saturated heterocycles. The van der Waals surface area contributed by atoms with Crippen molar-refractivity contribution in [3.63, 3.8) is 0 Å². The Balaban J connectivity index is 1.45. The molecular formula is C21H17F2N3O4S. The van der Waals surface area contributed by atoms with Crippen LogP contribution in [0.4, 0.5) is 13.6 Å². The maximum absolute atomic E-state index is 13.0. The van der Waals surface area contributed by atoms with Crippen molar-refractivity contribution in [2.75, 3.05) is 19.6 Å². The van der Waals surface area contributed by atoms with Crippen LogP contribution in [-0.4, -0.2) is 47.5 Å². The van der Waals surface area contributed by atoms with Gasteiger partial charge in [-0.05, 0) is 59.8 Å². The van der Waals surface area contributed by atoms with Crippen LogP contribution in [0.5, 0.6) is 0 Å². The Labute approximate surface area is 180 Å². The first-order chi connectivity index (χ1) is 14.8. The van der Waals surface area contributed by atoms with Crippen LogP contribution < -0.4 is 10.6 Å². The number of imide groups is 1. The number of amides is 4. The monoisotopic (exact) mass is 445 g/mol. The third kappa shape index (κ3) is 5.98. The minimum atomic E-state index is -0.535. The van der Waals surface area contributed by atoms with E-state index in [-0.39, 0.29) is 30.1 Å². The van der Waals surface area contributed by atoms with Crippen molar-refractivity contribution >= 4 is 40.8 Å². The predicted octanol–water partition coefficient (Wildman–Crippen LogP) is 2.55. The van der Waals surface area contributed by atoms with Gasteiger partial charge in [-0.3, -0.25) is 24.1 Å². The van der Waals surface area contributed by atoms with E-state index in [4.69, 9.17) is 0 Å². The Morgan fingerprint density at radius 3 is 2.19 bits per heavy atom. The van der Waals surface area contributed by atoms with E-state index in [9.17, 15) is 28.0 Å². The zero-order valence-electron chi connectivity index (χ0n) is 16.1. The molecule has 0 spiro atoms. The lowest BCUT2D eigenvalue weighted by atomic mass is 10.2. The standard InChI is InChI=1S/C21H17F2N3O4S/c22-15-5-1-13(2-6-15)11-17-20(29)26(21(30)31-17)10-9-24-18(27)12-25-19(28)14-3-7-16(23)8-4-14/h1-8,11H,9-10,12H2,(H,24,27)(H,25,28). The Morgan fingerprint density at radius 2 is 1.55 bits per heavy atom. The average Bonchev–Trinajstić information content (AvgIpc) is 3.01. The Morgan fingerprint density at radius 1 is 0.935 bits per heavy atom. The summed E-state index contributed by atoms with van der Waals surface area (Å²) < 4.78 is 25.8. The van der Waals surface area contributed by atoms with Gasteiger partial charge in [-0.2, -0.15) is 0 Å². The molecule has 2 aromatic rings. The molecule has 0 radical (unpaired) electrons. The maximum atomic E-state index is 13.0. The molecule has 1 aliphatic heterocycles. The largest absolute Gasteiger partial charge is 0.353 e. The molecule has 10 heteroatoms. The highest BCUT2D eigenvalue weighted by Gasteiger charge is 2.34. The van der Waals surface area contributed by atoms with Crippen molar-refractivity contribution in [2.45, 2.75) is 0 Å². The second kappa shape index (κ2) is 9.98. The molecule has 0 bridgehead atoms. The summed E-state index contributed by atoms with van der Waals surface area (Å²) >= 11 is 0.761. The smallest absolute Gasteiger partial charge is 0.293 e. The molecule has 0 aliphatic carbocycles. The van der Waals surface area contributed by atoms with Crippen molar-refractivity contribution < 1.29 is 28.0 Å². The summed E-state index contributed by atoms with van der Waals surface area (Å²) in [5.74, 6) is -2.43. The number of hydrogen-bond acceptors (Lipinski definition) is 5. The molecular weight excluding hydrogens is 428 g/mol. The fraction of sp³-hybridized carbons (Fsp3) is 0.143. The molecule has 2 aromatic carbocycles. The van der Waals surface area contributed by atoms with Crippen molar-refractivity contribution in [1.82, 2.24) is 15.5 Å². The van der Waals surface area contributed by atoms with Gasteiger partial charge in [0.05, 0.1) is 11.4 Å². The number of nitrogens with zero attached hydrogens (tertiary/aromatic N) is 1. The topological polar surface area (TPSA) is 95.6 Å². The Bertz CT molecular complexity index is 1040. The zero-order valence-corrected chi connectivity index (χ0v) is 16.9. The number of carbonyl (C=O) groups excluding carboxylic acids is 4. The van der Waals surface area contributed by atoms with E-state index in [1.165, 1.54) is 42.5 Å². The number of benzene rings is 2. The molecule has 2 N–H and O–H groups in total. The second-order valence-electron chi connectivity index (χ2n) is 6.42. The molecule has 1 fully saturated rings. The fourth-order valence-corrected chi connectivity index (χ4v) is 3.50. The van der Waals surface area contributed by atoms with Crippen LogP contribution in [0, 0.1) is 11.6 Å². The van der Waals surface area contributed by atoms with Gasteiger partial charge in [-0.1, -0.05) is 12.1 Å². The summed E-state index contributed by atoms with van der Waals surface area (Å²) in [6.45, 7) is -0.348. The van der Waals surface area contributed by atoms with Crippen LogP contribution >= 0.6 is 11.8 Å². The summed E-state index contributed by atoms with van der Waals surface area (Å²) in [5, 5.41) is 4.42. The lowest BCUT2D eigenvalue weighted by Gasteiger charge is -2.13. The summed E-state index contributed by atoms with van der Waals surface area (Å²) in [6, 6.07) is 10.3. The lowest BCUT2D eigenvalue weighted by molar-refractivity contribution is -0.124. The highest BCUT2D eigenvalue weighted by atomic mass is 32.2. The molecule has 0 unspecified atom stereocenters. The van der Waals surface area contributed by atoms with Crippen LogP contribution in [0.3, 0.4) is 0 Å². The van der Waals surface area contributed by atoms with Crippen molar-refractivity contribution in [1.29, 1.82) is 0 Å². The average molecular weight is 445 g/mol. The molecule has 31 heavy (non-hydrogen) atoms. The first-order valence-corrected chi connectivity index (χ1v) is 9.96. The SMILES string of the molecule is O=C(CNC(=O)c1ccc(F)cc1)NCCN1C(=O)SC(=Cc2ccc(F)cc2)C1=O. The first kappa shape index (κ1) is 22.2. The quantitative estimate of drug-likeness (QED) is 0.639. The second-order valence-corrected chi connectivity index (χ2v) is 7.42. The molecule has 7 nitrogen and oxygen atoms in total. The van der Waals surface area contributed by atoms with Gasteiger partial charge >= 0.3 is 0 Å². The molecule has 0 aromatic heterocycles. The zero-order chi connectivity index (χ0) is 22.4. The van der Waals surface area contributed by atoms with Crippen LogP contribution in [0.2, 0.25) is 0 Å². The van der Waals surface area contributed by atoms with Crippen molar-refractivity contribution in [3.8, 4) is 0 Å². The van der Waals surface area contributed by atoms with E-state index in [1.807, 2.05) is 0 Å². The lowest BCUT2D eigenvalue weighted by Crippen LogP contribution is -2.41. The van der Waals surface area contributed by atoms with E-state index in [1.54, 1.807) is 0 Å². The molecule has 0 saturated carbocycles. The predicted molar refractivity (Wildman–Crippen MR) is 111 cm³/mol. The van der Waals surface area contributed by atoms with E-state index in [0.717, 1.165) is 28.8 Å². The molecule has 3 rings (SSSR count). The van der Waals surface area contributed by atoms with Crippen LogP contribution in [0.15, 0.2) is 53.4 Å². The van der Waals surface area contributed by atoms with Gasteiger partial charge in [-0.25, -0.2) is 8.78 Å². The highest BCUT2D eigenvalue weighted by molar-refractivity contribution is 8.18. The van der Waals surface area contributed by atoms with Gasteiger partial charge in [0.15, 0.2) is 0 Å². The molecule has 4 amide bonds. The number of nitrogens with one attached hydrogen (secondary N) is 2. The normalized spacial score (nSPS) is 14.8. The number of thioether (sulfide) groups is 1. The molecule has 160 valence electrons. The maximum Gasteiger partial charge on any atom is 0.293 e. The van der Waals surface area contributed by atoms with E-state index in [2.05, 4.69) is 10.6 Å². The van der Waals surface area contributed by atoms with Gasteiger partial charge in [0.2, 0.25) is 5.91 Å². The minimum absolute atomic E-state index is 0.00706. The van der Waals surface area contributed by atoms with Crippen molar-refractivity contribution in [3.05, 3.63) is 76.2 Å². The van der Waals surface area contributed by atoms with Gasteiger partial charge in [-0.15, -0.1) is 0 Å². The van der Waals surface area contributed by atoms with Crippen LogP contribution in [-0.2, 0) is 9.59 Å². The van der Waals surface area contributed by atoms with Crippen LogP contribution in [0.1, 0.15) is 15.9 Å². The van der Waals surface area contributed by atoms with Gasteiger partial charge < -0.3 is 10.6 Å². The summed E-state index contributed by atoms with van der Waals surface area (Å²) in [5.41, 5.74) is 0.789. The summed E-state index contributed by atoms with van der Waals surface area (Å²) in [7, 11) is 0. The molecule has 1 heterocycles. The summed E-state index contributed by atoms with van der Waals surface area (Å²) in [4.78, 5) is 49.5. The Kier molecular flexibility index (Phi) is 7.14. The van der Waals surface area contributed by atoms with E-state index >= 15 is 0 Å². The fourth-order valence-electron chi connectivity index (χ4n) is 2.64.